The molecule has 2 aromatic rings. The van der Waals surface area contributed by atoms with Crippen LogP contribution in [-0.2, 0) is 4.79 Å². The van der Waals surface area contributed by atoms with Gasteiger partial charge in [-0.1, -0.05) is 13.8 Å². The molecule has 1 atom stereocenters. The third-order valence-electron chi connectivity index (χ3n) is 4.35. The number of pyridine rings is 1. The van der Waals surface area contributed by atoms with Gasteiger partial charge in [0.05, 0.1) is 23.6 Å². The standard InChI is InChI=1S/C18H24N4O2/c1-13(2)9-17(23)20-14-5-3-7-21(11-14)18(24)15-6-4-8-22-12-19-10-16(15)22/h4,6,8,10,12-14H,3,5,7,9,11H2,1-2H3,(H,20,23). The molecule has 0 saturated carbocycles. The smallest absolute Gasteiger partial charge is 0.256 e. The third kappa shape index (κ3) is 3.58. The molecule has 1 aliphatic rings. The van der Waals surface area contributed by atoms with E-state index >= 15 is 0 Å². The van der Waals surface area contributed by atoms with Crippen molar-refractivity contribution in [3.05, 3.63) is 36.4 Å². The molecule has 2 amide bonds. The van der Waals surface area contributed by atoms with Crippen molar-refractivity contribution < 1.29 is 9.59 Å². The molecular formula is C18H24N4O2. The molecule has 1 fully saturated rings. The van der Waals surface area contributed by atoms with Crippen molar-refractivity contribution in [2.24, 2.45) is 5.92 Å². The maximum atomic E-state index is 12.9. The topological polar surface area (TPSA) is 66.7 Å². The minimum atomic E-state index is 0.00362. The van der Waals surface area contributed by atoms with E-state index in [1.807, 2.05) is 41.5 Å². The molecule has 1 N–H and O–H groups in total. The van der Waals surface area contributed by atoms with E-state index in [4.69, 9.17) is 0 Å². The number of carbonyl (C=O) groups excluding carboxylic acids is 2. The fourth-order valence-corrected chi connectivity index (χ4v) is 3.24. The number of carbonyl (C=O) groups is 2. The molecular weight excluding hydrogens is 304 g/mol. The average molecular weight is 328 g/mol. The van der Waals surface area contributed by atoms with Crippen molar-refractivity contribution in [1.82, 2.24) is 19.6 Å². The lowest BCUT2D eigenvalue weighted by Crippen LogP contribution is -2.49. The zero-order valence-electron chi connectivity index (χ0n) is 14.2. The zero-order valence-corrected chi connectivity index (χ0v) is 14.2. The third-order valence-corrected chi connectivity index (χ3v) is 4.35. The quantitative estimate of drug-likeness (QED) is 0.934. The number of aromatic nitrogens is 2. The van der Waals surface area contributed by atoms with Crippen LogP contribution in [0, 0.1) is 5.92 Å². The molecule has 1 saturated heterocycles. The summed E-state index contributed by atoms with van der Waals surface area (Å²) in [4.78, 5) is 30.8. The van der Waals surface area contributed by atoms with Gasteiger partial charge in [0.15, 0.2) is 0 Å². The number of amides is 2. The zero-order chi connectivity index (χ0) is 17.1. The molecule has 128 valence electrons. The lowest BCUT2D eigenvalue weighted by atomic mass is 10.0. The molecule has 6 nitrogen and oxygen atoms in total. The van der Waals surface area contributed by atoms with Crippen LogP contribution in [0.5, 0.6) is 0 Å². The Labute approximate surface area is 141 Å². The molecule has 0 aliphatic carbocycles. The van der Waals surface area contributed by atoms with Gasteiger partial charge < -0.3 is 14.6 Å². The number of imidazole rings is 1. The van der Waals surface area contributed by atoms with E-state index in [0.29, 0.717) is 24.4 Å². The van der Waals surface area contributed by atoms with Gasteiger partial charge in [-0.15, -0.1) is 0 Å². The summed E-state index contributed by atoms with van der Waals surface area (Å²) in [5, 5.41) is 3.07. The van der Waals surface area contributed by atoms with Gasteiger partial charge in [0.25, 0.3) is 5.91 Å². The summed E-state index contributed by atoms with van der Waals surface area (Å²) in [6, 6.07) is 3.73. The Morgan fingerprint density at radius 3 is 3.04 bits per heavy atom. The van der Waals surface area contributed by atoms with Gasteiger partial charge in [0.1, 0.15) is 0 Å². The number of nitrogens with zero attached hydrogens (tertiary/aromatic N) is 3. The van der Waals surface area contributed by atoms with E-state index < -0.39 is 0 Å². The van der Waals surface area contributed by atoms with Gasteiger partial charge in [0.2, 0.25) is 5.91 Å². The fraction of sp³-hybridized carbons (Fsp3) is 0.500. The molecule has 24 heavy (non-hydrogen) atoms. The number of hydrogen-bond donors (Lipinski definition) is 1. The van der Waals surface area contributed by atoms with E-state index in [-0.39, 0.29) is 17.9 Å². The maximum Gasteiger partial charge on any atom is 0.256 e. The Morgan fingerprint density at radius 2 is 2.25 bits per heavy atom. The van der Waals surface area contributed by atoms with Crippen LogP contribution in [0.25, 0.3) is 5.52 Å². The Morgan fingerprint density at radius 1 is 1.42 bits per heavy atom. The monoisotopic (exact) mass is 328 g/mol. The van der Waals surface area contributed by atoms with Gasteiger partial charge >= 0.3 is 0 Å². The van der Waals surface area contributed by atoms with Crippen LogP contribution in [0.3, 0.4) is 0 Å². The van der Waals surface area contributed by atoms with Crippen LogP contribution in [0.15, 0.2) is 30.9 Å². The molecule has 0 radical (unpaired) electrons. The second-order valence-electron chi connectivity index (χ2n) is 6.86. The summed E-state index contributed by atoms with van der Waals surface area (Å²) < 4.78 is 1.85. The van der Waals surface area contributed by atoms with Crippen molar-refractivity contribution in [2.45, 2.75) is 39.2 Å². The Hall–Kier alpha value is -2.37. The van der Waals surface area contributed by atoms with Gasteiger partial charge in [-0.25, -0.2) is 4.98 Å². The molecule has 0 bridgehead atoms. The first-order valence-electron chi connectivity index (χ1n) is 8.54. The normalized spacial score (nSPS) is 18.1. The van der Waals surface area contributed by atoms with Crippen LogP contribution < -0.4 is 5.32 Å². The van der Waals surface area contributed by atoms with Gasteiger partial charge in [0, 0.05) is 31.7 Å². The molecule has 1 aliphatic heterocycles. The van der Waals surface area contributed by atoms with E-state index in [9.17, 15) is 9.59 Å². The van der Waals surface area contributed by atoms with Crippen molar-refractivity contribution in [1.29, 1.82) is 0 Å². The van der Waals surface area contributed by atoms with Gasteiger partial charge in [-0.2, -0.15) is 0 Å². The summed E-state index contributed by atoms with van der Waals surface area (Å²) in [5.74, 6) is 0.414. The number of piperidine rings is 1. The highest BCUT2D eigenvalue weighted by Crippen LogP contribution is 2.17. The van der Waals surface area contributed by atoms with Crippen LogP contribution >= 0.6 is 0 Å². The molecule has 2 aromatic heterocycles. The first kappa shape index (κ1) is 16.5. The van der Waals surface area contributed by atoms with Crippen LogP contribution in [0.1, 0.15) is 43.5 Å². The first-order valence-corrected chi connectivity index (χ1v) is 8.54. The van der Waals surface area contributed by atoms with Crippen LogP contribution in [0.2, 0.25) is 0 Å². The second-order valence-corrected chi connectivity index (χ2v) is 6.86. The molecule has 3 heterocycles. The predicted octanol–water partition coefficient (Wildman–Crippen LogP) is 2.10. The van der Waals surface area contributed by atoms with E-state index in [1.165, 1.54) is 0 Å². The maximum absolute atomic E-state index is 12.9. The average Bonchev–Trinajstić information content (AvgIpc) is 3.02. The number of nitrogens with one attached hydrogen (secondary N) is 1. The molecule has 3 rings (SSSR count). The first-order chi connectivity index (χ1) is 11.5. The van der Waals surface area contributed by atoms with Crippen molar-refractivity contribution in [3.63, 3.8) is 0 Å². The lowest BCUT2D eigenvalue weighted by molar-refractivity contribution is -0.122. The summed E-state index contributed by atoms with van der Waals surface area (Å²) in [6.07, 6.45) is 7.63. The summed E-state index contributed by atoms with van der Waals surface area (Å²) >= 11 is 0. The van der Waals surface area contributed by atoms with Crippen molar-refractivity contribution in [3.8, 4) is 0 Å². The number of rotatable bonds is 4. The second kappa shape index (κ2) is 7.03. The van der Waals surface area contributed by atoms with Gasteiger partial charge in [-0.3, -0.25) is 9.59 Å². The molecule has 0 aromatic carbocycles. The molecule has 6 heteroatoms. The summed E-state index contributed by atoms with van der Waals surface area (Å²) in [5.41, 5.74) is 1.47. The van der Waals surface area contributed by atoms with Crippen molar-refractivity contribution >= 4 is 17.3 Å². The highest BCUT2D eigenvalue weighted by atomic mass is 16.2. The lowest BCUT2D eigenvalue weighted by Gasteiger charge is -2.33. The van der Waals surface area contributed by atoms with Crippen LogP contribution in [-0.4, -0.2) is 45.2 Å². The fourth-order valence-electron chi connectivity index (χ4n) is 3.24. The Balaban J connectivity index is 1.69. The minimum absolute atomic E-state index is 0.00362. The highest BCUT2D eigenvalue weighted by molar-refractivity contribution is 6.00. The summed E-state index contributed by atoms with van der Waals surface area (Å²) in [7, 11) is 0. The largest absolute Gasteiger partial charge is 0.352 e. The highest BCUT2D eigenvalue weighted by Gasteiger charge is 2.26. The SMILES string of the molecule is CC(C)CC(=O)NC1CCCN(C(=O)c2cccn3cncc23)C1. The summed E-state index contributed by atoms with van der Waals surface area (Å²) in [6.45, 7) is 5.35. The number of hydrogen-bond acceptors (Lipinski definition) is 3. The Bertz CT molecular complexity index is 737. The number of likely N-dealkylation sites (tertiary alicyclic amines) is 1. The number of fused-ring (bicyclic) bond motifs is 1. The van der Waals surface area contributed by atoms with E-state index in [0.717, 1.165) is 24.9 Å². The molecule has 0 spiro atoms. The van der Waals surface area contributed by atoms with E-state index in [2.05, 4.69) is 10.3 Å². The minimum Gasteiger partial charge on any atom is -0.352 e. The predicted molar refractivity (Wildman–Crippen MR) is 91.7 cm³/mol. The Kier molecular flexibility index (Phi) is 4.83. The van der Waals surface area contributed by atoms with Crippen LogP contribution in [0.4, 0.5) is 0 Å². The van der Waals surface area contributed by atoms with Gasteiger partial charge in [-0.05, 0) is 30.9 Å². The van der Waals surface area contributed by atoms with Crippen molar-refractivity contribution in [2.75, 3.05) is 13.1 Å². The molecule has 1 unspecified atom stereocenters. The van der Waals surface area contributed by atoms with E-state index in [1.54, 1.807) is 12.5 Å².